The first kappa shape index (κ1) is 32.4. The zero-order valence-electron chi connectivity index (χ0n) is 19.5. The topological polar surface area (TPSA) is 138 Å². The summed E-state index contributed by atoms with van der Waals surface area (Å²) in [5, 5.41) is 51.7. The molecule has 7 heteroatoms. The van der Waals surface area contributed by atoms with Crippen LogP contribution in [0.3, 0.4) is 0 Å². The minimum absolute atomic E-state index is 0.362. The molecule has 0 amide bonds. The number of unbranched alkanes of at least 4 members (excludes halogenated alkanes) is 12. The van der Waals surface area contributed by atoms with E-state index in [1.165, 1.54) is 83.5 Å². The van der Waals surface area contributed by atoms with Crippen LogP contribution in [0.5, 0.6) is 0 Å². The minimum Gasteiger partial charge on any atom is -0.396 e. The quantitative estimate of drug-likeness (QED) is 0.124. The summed E-state index contributed by atoms with van der Waals surface area (Å²) in [6.07, 6.45) is 18.0. The molecule has 0 saturated carbocycles. The molecule has 31 heavy (non-hydrogen) atoms. The molecule has 3 atom stereocenters. The number of Topliss-reactive ketones (excluding diaryl/α,β-unsaturated/α-hetero) is 1. The van der Waals surface area contributed by atoms with Crippen molar-refractivity contribution in [3.8, 4) is 0 Å². The monoisotopic (exact) mass is 448 g/mol. The number of hydrogen-bond donors (Lipinski definition) is 6. The Balaban J connectivity index is 0. The van der Waals surface area contributed by atoms with Gasteiger partial charge < -0.3 is 30.6 Å². The van der Waals surface area contributed by atoms with Crippen molar-refractivity contribution >= 4 is 5.78 Å². The highest BCUT2D eigenvalue weighted by molar-refractivity contribution is 5.84. The van der Waals surface area contributed by atoms with Gasteiger partial charge in [-0.2, -0.15) is 0 Å². The zero-order valence-corrected chi connectivity index (χ0v) is 19.5. The molecule has 0 aromatic rings. The fraction of sp³-hybridized carbons (Fsp3) is 0.875. The highest BCUT2D eigenvalue weighted by Crippen LogP contribution is 2.09. The molecule has 6 N–H and O–H groups in total. The summed E-state index contributed by atoms with van der Waals surface area (Å²) in [6.45, 7) is 0.948. The SMILES string of the molecule is CCCCCCCC/C=C\CCCCCCCCO.O=C(CO)[C@H](O)[C@@H](O)[C@H](O)CO. The maximum absolute atomic E-state index is 10.5. The fourth-order valence-electron chi connectivity index (χ4n) is 2.96. The van der Waals surface area contributed by atoms with Gasteiger partial charge in [-0.05, 0) is 32.1 Å². The molecular weight excluding hydrogens is 400 g/mol. The predicted octanol–water partition coefficient (Wildman–Crippen LogP) is 2.64. The molecule has 0 aliphatic carbocycles. The second-order valence-electron chi connectivity index (χ2n) is 7.97. The Morgan fingerprint density at radius 3 is 1.58 bits per heavy atom. The summed E-state index contributed by atoms with van der Waals surface area (Å²) in [5.41, 5.74) is 0. The number of carbonyl (C=O) groups is 1. The van der Waals surface area contributed by atoms with Gasteiger partial charge in [-0.3, -0.25) is 4.79 Å². The van der Waals surface area contributed by atoms with E-state index in [1.807, 2.05) is 0 Å². The predicted molar refractivity (Wildman–Crippen MR) is 124 cm³/mol. The van der Waals surface area contributed by atoms with Crippen LogP contribution in [0, 0.1) is 0 Å². The van der Waals surface area contributed by atoms with Crippen LogP contribution >= 0.6 is 0 Å². The third-order valence-corrected chi connectivity index (χ3v) is 5.06. The van der Waals surface area contributed by atoms with Crippen LogP contribution in [-0.4, -0.2) is 74.6 Å². The lowest BCUT2D eigenvalue weighted by Gasteiger charge is -2.19. The van der Waals surface area contributed by atoms with Crippen molar-refractivity contribution in [2.24, 2.45) is 0 Å². The lowest BCUT2D eigenvalue weighted by Crippen LogP contribution is -2.44. The van der Waals surface area contributed by atoms with Gasteiger partial charge >= 0.3 is 0 Å². The molecule has 186 valence electrons. The lowest BCUT2D eigenvalue weighted by atomic mass is 10.1. The van der Waals surface area contributed by atoms with E-state index >= 15 is 0 Å². The van der Waals surface area contributed by atoms with E-state index in [-0.39, 0.29) is 0 Å². The second-order valence-corrected chi connectivity index (χ2v) is 7.97. The van der Waals surface area contributed by atoms with Crippen molar-refractivity contribution < 1.29 is 35.4 Å². The van der Waals surface area contributed by atoms with Crippen LogP contribution in [0.4, 0.5) is 0 Å². The average Bonchev–Trinajstić information content (AvgIpc) is 2.79. The summed E-state index contributed by atoms with van der Waals surface area (Å²) in [4.78, 5) is 10.5. The molecule has 0 aromatic carbocycles. The van der Waals surface area contributed by atoms with E-state index in [1.54, 1.807) is 0 Å². The molecule has 0 spiro atoms. The van der Waals surface area contributed by atoms with Gasteiger partial charge in [0.25, 0.3) is 0 Å². The molecule has 0 aliphatic rings. The fourth-order valence-corrected chi connectivity index (χ4v) is 2.96. The molecule has 0 unspecified atom stereocenters. The van der Waals surface area contributed by atoms with Gasteiger partial charge in [-0.15, -0.1) is 0 Å². The van der Waals surface area contributed by atoms with Gasteiger partial charge in [-0.25, -0.2) is 0 Å². The van der Waals surface area contributed by atoms with Gasteiger partial charge in [0.15, 0.2) is 5.78 Å². The normalized spacial score (nSPS) is 14.2. The molecule has 7 nitrogen and oxygen atoms in total. The summed E-state index contributed by atoms with van der Waals surface area (Å²) in [6, 6.07) is 0. The summed E-state index contributed by atoms with van der Waals surface area (Å²) in [5.74, 6) is -1.00. The van der Waals surface area contributed by atoms with Crippen molar-refractivity contribution in [2.75, 3.05) is 19.8 Å². The Hall–Kier alpha value is -0.830. The van der Waals surface area contributed by atoms with Gasteiger partial charge in [0.1, 0.15) is 24.9 Å². The first-order valence-electron chi connectivity index (χ1n) is 12.0. The second kappa shape index (κ2) is 25.4. The van der Waals surface area contributed by atoms with Crippen molar-refractivity contribution in [3.05, 3.63) is 12.2 Å². The minimum atomic E-state index is -1.86. The molecule has 0 aromatic heterocycles. The lowest BCUT2D eigenvalue weighted by molar-refractivity contribution is -0.142. The van der Waals surface area contributed by atoms with E-state index in [0.717, 1.165) is 6.42 Å². The number of carbonyl (C=O) groups excluding carboxylic acids is 1. The van der Waals surface area contributed by atoms with Crippen LogP contribution in [0.2, 0.25) is 0 Å². The molecule has 0 aliphatic heterocycles. The van der Waals surface area contributed by atoms with Gasteiger partial charge in [0, 0.05) is 6.61 Å². The number of ketones is 1. The molecule has 0 heterocycles. The summed E-state index contributed by atoms with van der Waals surface area (Å²) >= 11 is 0. The third kappa shape index (κ3) is 22.2. The first-order chi connectivity index (χ1) is 15.0. The van der Waals surface area contributed by atoms with E-state index in [9.17, 15) is 4.79 Å². The van der Waals surface area contributed by atoms with Crippen molar-refractivity contribution in [2.45, 2.75) is 115 Å². The maximum atomic E-state index is 10.5. The largest absolute Gasteiger partial charge is 0.396 e. The van der Waals surface area contributed by atoms with E-state index in [2.05, 4.69) is 19.1 Å². The molecule has 0 fully saturated rings. The highest BCUT2D eigenvalue weighted by Gasteiger charge is 2.28. The first-order valence-corrected chi connectivity index (χ1v) is 12.0. The number of aliphatic hydroxyl groups is 6. The molecular formula is C24H48O7. The summed E-state index contributed by atoms with van der Waals surface area (Å²) < 4.78 is 0. The average molecular weight is 449 g/mol. The maximum Gasteiger partial charge on any atom is 0.189 e. The smallest absolute Gasteiger partial charge is 0.189 e. The Kier molecular flexibility index (Phi) is 26.5. The van der Waals surface area contributed by atoms with Gasteiger partial charge in [0.05, 0.1) is 6.61 Å². The van der Waals surface area contributed by atoms with Crippen molar-refractivity contribution in [3.63, 3.8) is 0 Å². The number of allylic oxidation sites excluding steroid dienone is 2. The van der Waals surface area contributed by atoms with Crippen LogP contribution in [0.15, 0.2) is 12.2 Å². The number of aliphatic hydroxyl groups excluding tert-OH is 6. The van der Waals surface area contributed by atoms with Crippen LogP contribution in [0.1, 0.15) is 96.8 Å². The molecule has 0 saturated heterocycles. The van der Waals surface area contributed by atoms with Crippen LogP contribution < -0.4 is 0 Å². The number of rotatable bonds is 20. The molecule has 0 rings (SSSR count). The third-order valence-electron chi connectivity index (χ3n) is 5.06. The van der Waals surface area contributed by atoms with E-state index < -0.39 is 37.3 Å². The van der Waals surface area contributed by atoms with Crippen molar-refractivity contribution in [1.82, 2.24) is 0 Å². The Morgan fingerprint density at radius 1 is 0.710 bits per heavy atom. The summed E-state index contributed by atoms with van der Waals surface area (Å²) in [7, 11) is 0. The van der Waals surface area contributed by atoms with E-state index in [4.69, 9.17) is 30.6 Å². The zero-order chi connectivity index (χ0) is 23.7. The van der Waals surface area contributed by atoms with Gasteiger partial charge in [-0.1, -0.05) is 76.9 Å². The molecule has 0 radical (unpaired) electrons. The van der Waals surface area contributed by atoms with Crippen molar-refractivity contribution in [1.29, 1.82) is 0 Å². The standard InChI is InChI=1S/C18H36O.C6H12O6/c1-2-3-4-5-6-7-8-9-10-11-12-13-14-15-16-17-18-19;7-1-3(9)5(11)6(12)4(10)2-8/h9-10,19H,2-8,11-18H2,1H3;3,5-9,11-12H,1-2H2/b10-9-;/t;3-,5+,6+/m.1/s1. The molecule has 0 bridgehead atoms. The van der Waals surface area contributed by atoms with E-state index in [0.29, 0.717) is 6.61 Å². The highest BCUT2D eigenvalue weighted by atomic mass is 16.4. The van der Waals surface area contributed by atoms with Crippen LogP contribution in [0.25, 0.3) is 0 Å². The number of hydrogen-bond acceptors (Lipinski definition) is 7. The Morgan fingerprint density at radius 2 is 1.16 bits per heavy atom. The van der Waals surface area contributed by atoms with Gasteiger partial charge in [0.2, 0.25) is 0 Å². The Bertz CT molecular complexity index is 401. The van der Waals surface area contributed by atoms with Crippen LogP contribution in [-0.2, 0) is 4.79 Å². The Labute approximate surface area is 188 Å².